The van der Waals surface area contributed by atoms with Gasteiger partial charge in [0.15, 0.2) is 0 Å². The van der Waals surface area contributed by atoms with Crippen LogP contribution in [-0.2, 0) is 12.8 Å². The summed E-state index contributed by atoms with van der Waals surface area (Å²) in [6.07, 6.45) is 8.33. The predicted octanol–water partition coefficient (Wildman–Crippen LogP) is 5.53. The van der Waals surface area contributed by atoms with Crippen LogP contribution in [0.5, 0.6) is 0 Å². The summed E-state index contributed by atoms with van der Waals surface area (Å²) in [5, 5.41) is 3.72. The summed E-state index contributed by atoms with van der Waals surface area (Å²) in [5.74, 6) is 3.44. The van der Waals surface area contributed by atoms with Crippen LogP contribution in [0.2, 0.25) is 0 Å². The van der Waals surface area contributed by atoms with Gasteiger partial charge in [-0.3, -0.25) is 0 Å². The summed E-state index contributed by atoms with van der Waals surface area (Å²) in [4.78, 5) is 0. The zero-order valence-electron chi connectivity index (χ0n) is 15.6. The molecule has 2 aliphatic rings. The van der Waals surface area contributed by atoms with E-state index in [4.69, 9.17) is 0 Å². The highest BCUT2D eigenvalue weighted by Crippen LogP contribution is 2.37. The lowest BCUT2D eigenvalue weighted by atomic mass is 9.74. The van der Waals surface area contributed by atoms with Gasteiger partial charge in [-0.15, -0.1) is 0 Å². The summed E-state index contributed by atoms with van der Waals surface area (Å²) in [7, 11) is 0. The van der Waals surface area contributed by atoms with Crippen LogP contribution in [0.4, 0.5) is 0 Å². The number of hydrogen-bond donors (Lipinski definition) is 1. The van der Waals surface area contributed by atoms with E-state index >= 15 is 0 Å². The highest BCUT2D eigenvalue weighted by molar-refractivity contribution is 5.39. The van der Waals surface area contributed by atoms with Gasteiger partial charge < -0.3 is 5.32 Å². The van der Waals surface area contributed by atoms with Crippen LogP contribution in [0, 0.1) is 23.7 Å². The first kappa shape index (κ1) is 17.0. The van der Waals surface area contributed by atoms with E-state index < -0.39 is 0 Å². The molecule has 1 aliphatic heterocycles. The van der Waals surface area contributed by atoms with Crippen LogP contribution in [0.25, 0.3) is 0 Å². The predicted molar refractivity (Wildman–Crippen MR) is 99.7 cm³/mol. The van der Waals surface area contributed by atoms with Gasteiger partial charge >= 0.3 is 0 Å². The van der Waals surface area contributed by atoms with E-state index in [0.29, 0.717) is 12.0 Å². The van der Waals surface area contributed by atoms with Crippen LogP contribution in [0.15, 0.2) is 18.2 Å². The Morgan fingerprint density at radius 3 is 2.39 bits per heavy atom. The van der Waals surface area contributed by atoms with Gasteiger partial charge in [0.1, 0.15) is 0 Å². The van der Waals surface area contributed by atoms with Crippen molar-refractivity contribution in [3.63, 3.8) is 0 Å². The van der Waals surface area contributed by atoms with Crippen LogP contribution in [-0.4, -0.2) is 6.54 Å². The molecule has 1 aromatic rings. The zero-order chi connectivity index (χ0) is 16.4. The number of fused-ring (bicyclic) bond motifs is 1. The van der Waals surface area contributed by atoms with Gasteiger partial charge in [0.25, 0.3) is 0 Å². The maximum atomic E-state index is 3.72. The molecule has 1 aromatic carbocycles. The van der Waals surface area contributed by atoms with Crippen molar-refractivity contribution in [1.82, 2.24) is 5.32 Å². The van der Waals surface area contributed by atoms with Crippen molar-refractivity contribution in [2.45, 2.75) is 72.3 Å². The Bertz CT molecular complexity index is 509. The number of rotatable bonds is 4. The van der Waals surface area contributed by atoms with E-state index in [2.05, 4.69) is 51.2 Å². The first-order valence-electron chi connectivity index (χ1n) is 9.90. The van der Waals surface area contributed by atoms with E-state index in [0.717, 1.165) is 24.3 Å². The van der Waals surface area contributed by atoms with E-state index in [1.165, 1.54) is 38.5 Å². The standard InChI is InChI=1S/C22H35N/c1-15(2)18-10-8-17(9-11-18)14-19-6-5-7-21-20(19)12-13-23-22(21)16(3)4/h5-7,15-18,22-23H,8-14H2,1-4H3. The van der Waals surface area contributed by atoms with Crippen molar-refractivity contribution in [2.75, 3.05) is 6.54 Å². The monoisotopic (exact) mass is 313 g/mol. The highest BCUT2D eigenvalue weighted by Gasteiger charge is 2.27. The summed E-state index contributed by atoms with van der Waals surface area (Å²) in [6, 6.07) is 7.63. The summed E-state index contributed by atoms with van der Waals surface area (Å²) in [5.41, 5.74) is 4.91. The molecule has 0 amide bonds. The molecule has 0 aromatic heterocycles. The van der Waals surface area contributed by atoms with Crippen molar-refractivity contribution in [2.24, 2.45) is 23.7 Å². The molecule has 1 unspecified atom stereocenters. The molecule has 0 bridgehead atoms. The maximum absolute atomic E-state index is 3.72. The Balaban J connectivity index is 1.71. The van der Waals surface area contributed by atoms with E-state index in [9.17, 15) is 0 Å². The minimum Gasteiger partial charge on any atom is -0.309 e. The number of hydrogen-bond acceptors (Lipinski definition) is 1. The molecule has 1 atom stereocenters. The molecule has 1 fully saturated rings. The first-order valence-corrected chi connectivity index (χ1v) is 9.90. The van der Waals surface area contributed by atoms with Crippen molar-refractivity contribution in [3.05, 3.63) is 34.9 Å². The minimum absolute atomic E-state index is 0.551. The topological polar surface area (TPSA) is 12.0 Å². The lowest BCUT2D eigenvalue weighted by Crippen LogP contribution is -2.33. The number of benzene rings is 1. The quantitative estimate of drug-likeness (QED) is 0.770. The molecule has 3 rings (SSSR count). The Kier molecular flexibility index (Phi) is 5.46. The molecule has 23 heavy (non-hydrogen) atoms. The smallest absolute Gasteiger partial charge is 0.0346 e. The molecule has 128 valence electrons. The van der Waals surface area contributed by atoms with Crippen molar-refractivity contribution in [1.29, 1.82) is 0 Å². The Morgan fingerprint density at radius 2 is 1.74 bits per heavy atom. The third-order valence-corrected chi connectivity index (χ3v) is 6.39. The summed E-state index contributed by atoms with van der Waals surface area (Å²) >= 11 is 0. The molecule has 1 heteroatoms. The second-order valence-corrected chi connectivity index (χ2v) is 8.64. The first-order chi connectivity index (χ1) is 11.1. The Morgan fingerprint density at radius 1 is 1.00 bits per heavy atom. The van der Waals surface area contributed by atoms with Gasteiger partial charge in [0.2, 0.25) is 0 Å². The third-order valence-electron chi connectivity index (χ3n) is 6.39. The fourth-order valence-corrected chi connectivity index (χ4v) is 4.87. The lowest BCUT2D eigenvalue weighted by Gasteiger charge is -2.34. The average molecular weight is 314 g/mol. The second-order valence-electron chi connectivity index (χ2n) is 8.64. The van der Waals surface area contributed by atoms with Crippen LogP contribution in [0.3, 0.4) is 0 Å². The molecular formula is C22H35N. The van der Waals surface area contributed by atoms with Gasteiger partial charge in [-0.1, -0.05) is 45.9 Å². The molecular weight excluding hydrogens is 278 g/mol. The zero-order valence-corrected chi connectivity index (χ0v) is 15.6. The van der Waals surface area contributed by atoms with Gasteiger partial charge in [-0.2, -0.15) is 0 Å². The molecule has 0 saturated heterocycles. The molecule has 1 aliphatic carbocycles. The van der Waals surface area contributed by atoms with Crippen LogP contribution in [0.1, 0.15) is 76.1 Å². The summed E-state index contributed by atoms with van der Waals surface area (Å²) < 4.78 is 0. The SMILES string of the molecule is CC(C)C1CCC(Cc2cccc3c2CCNC3C(C)C)CC1. The lowest BCUT2D eigenvalue weighted by molar-refractivity contribution is 0.223. The molecule has 1 N–H and O–H groups in total. The van der Waals surface area contributed by atoms with E-state index in [1.54, 1.807) is 16.7 Å². The Hall–Kier alpha value is -0.820. The fourth-order valence-electron chi connectivity index (χ4n) is 4.87. The molecule has 1 saturated carbocycles. The molecule has 1 heterocycles. The van der Waals surface area contributed by atoms with Gasteiger partial charge in [-0.25, -0.2) is 0 Å². The molecule has 1 nitrogen and oxygen atoms in total. The van der Waals surface area contributed by atoms with Crippen molar-refractivity contribution in [3.8, 4) is 0 Å². The second kappa shape index (κ2) is 7.38. The largest absolute Gasteiger partial charge is 0.309 e. The number of nitrogens with one attached hydrogen (secondary N) is 1. The fraction of sp³-hybridized carbons (Fsp3) is 0.727. The molecule has 0 spiro atoms. The van der Waals surface area contributed by atoms with Gasteiger partial charge in [0.05, 0.1) is 0 Å². The molecule has 0 radical (unpaired) electrons. The van der Waals surface area contributed by atoms with E-state index in [1.807, 2.05) is 0 Å². The van der Waals surface area contributed by atoms with Gasteiger partial charge in [-0.05, 0) is 85.4 Å². The summed E-state index contributed by atoms with van der Waals surface area (Å²) in [6.45, 7) is 10.6. The Labute approximate surface area is 143 Å². The van der Waals surface area contributed by atoms with Crippen LogP contribution < -0.4 is 5.32 Å². The van der Waals surface area contributed by atoms with Crippen molar-refractivity contribution < 1.29 is 0 Å². The maximum Gasteiger partial charge on any atom is 0.0346 e. The normalized spacial score (nSPS) is 28.2. The van der Waals surface area contributed by atoms with E-state index in [-0.39, 0.29) is 0 Å². The highest BCUT2D eigenvalue weighted by atomic mass is 14.9. The average Bonchev–Trinajstić information content (AvgIpc) is 2.55. The van der Waals surface area contributed by atoms with Gasteiger partial charge in [0, 0.05) is 6.04 Å². The minimum atomic E-state index is 0.551. The third kappa shape index (κ3) is 3.82. The van der Waals surface area contributed by atoms with Crippen molar-refractivity contribution >= 4 is 0 Å². The van der Waals surface area contributed by atoms with Crippen LogP contribution >= 0.6 is 0 Å².